The third-order valence-corrected chi connectivity index (χ3v) is 4.41. The molecular formula is C11H15N3S2. The van der Waals surface area contributed by atoms with Crippen LogP contribution < -0.4 is 5.32 Å². The monoisotopic (exact) mass is 253 g/mol. The normalized spacial score (nSPS) is 10.9. The molecule has 2 rings (SSSR count). The maximum atomic E-state index is 4.34. The van der Waals surface area contributed by atoms with Crippen LogP contribution in [0.25, 0.3) is 0 Å². The van der Waals surface area contributed by atoms with Crippen molar-refractivity contribution in [3.05, 3.63) is 32.2 Å². The molecule has 86 valence electrons. The number of thiazole rings is 2. The highest BCUT2D eigenvalue weighted by Gasteiger charge is 2.02. The molecule has 0 bridgehead atoms. The highest BCUT2D eigenvalue weighted by molar-refractivity contribution is 7.11. The Bertz CT molecular complexity index is 448. The van der Waals surface area contributed by atoms with Gasteiger partial charge in [0, 0.05) is 29.0 Å². The Kier molecular flexibility index (Phi) is 4.04. The lowest BCUT2D eigenvalue weighted by Crippen LogP contribution is -2.11. The third-order valence-electron chi connectivity index (χ3n) is 2.33. The van der Waals surface area contributed by atoms with Gasteiger partial charge in [0.25, 0.3) is 0 Å². The minimum Gasteiger partial charge on any atom is -0.307 e. The predicted molar refractivity (Wildman–Crippen MR) is 68.9 cm³/mol. The van der Waals surface area contributed by atoms with Crippen LogP contribution in [0.4, 0.5) is 0 Å². The molecule has 0 saturated carbocycles. The molecule has 0 atom stereocenters. The van der Waals surface area contributed by atoms with E-state index in [1.165, 1.54) is 14.8 Å². The van der Waals surface area contributed by atoms with Crippen molar-refractivity contribution in [2.24, 2.45) is 0 Å². The Morgan fingerprint density at radius 2 is 2.19 bits per heavy atom. The number of aromatic nitrogens is 2. The smallest absolute Gasteiger partial charge is 0.0925 e. The van der Waals surface area contributed by atoms with Crippen LogP contribution in [0.3, 0.4) is 0 Å². The van der Waals surface area contributed by atoms with Gasteiger partial charge in [0.15, 0.2) is 0 Å². The summed E-state index contributed by atoms with van der Waals surface area (Å²) in [6, 6.07) is 0. The molecule has 1 N–H and O–H groups in total. The zero-order valence-electron chi connectivity index (χ0n) is 9.49. The number of hydrogen-bond acceptors (Lipinski definition) is 5. The second kappa shape index (κ2) is 5.52. The van der Waals surface area contributed by atoms with Crippen molar-refractivity contribution in [3.63, 3.8) is 0 Å². The fourth-order valence-electron chi connectivity index (χ4n) is 1.39. The average Bonchev–Trinajstić information content (AvgIpc) is 2.89. The van der Waals surface area contributed by atoms with Crippen LogP contribution in [0.2, 0.25) is 0 Å². The van der Waals surface area contributed by atoms with Gasteiger partial charge in [-0.2, -0.15) is 0 Å². The largest absolute Gasteiger partial charge is 0.307 e. The molecular weight excluding hydrogens is 238 g/mol. The van der Waals surface area contributed by atoms with Gasteiger partial charge in [0.1, 0.15) is 0 Å². The molecule has 2 aromatic heterocycles. The molecule has 0 aromatic carbocycles. The van der Waals surface area contributed by atoms with E-state index in [4.69, 9.17) is 0 Å². The van der Waals surface area contributed by atoms with Gasteiger partial charge in [-0.25, -0.2) is 9.97 Å². The van der Waals surface area contributed by atoms with E-state index in [9.17, 15) is 0 Å². The van der Waals surface area contributed by atoms with E-state index in [-0.39, 0.29) is 0 Å². The first kappa shape index (κ1) is 11.7. The van der Waals surface area contributed by atoms with Gasteiger partial charge in [-0.15, -0.1) is 22.7 Å². The molecule has 0 spiro atoms. The summed E-state index contributed by atoms with van der Waals surface area (Å²) in [6.45, 7) is 5.98. The summed E-state index contributed by atoms with van der Waals surface area (Å²) in [6.07, 6.45) is 2.99. The van der Waals surface area contributed by atoms with Crippen LogP contribution >= 0.6 is 22.7 Å². The first-order valence-corrected chi connectivity index (χ1v) is 7.02. The molecule has 2 aromatic rings. The number of nitrogens with zero attached hydrogens (tertiary/aromatic N) is 2. The van der Waals surface area contributed by atoms with E-state index in [2.05, 4.69) is 29.1 Å². The van der Waals surface area contributed by atoms with Crippen LogP contribution in [0.5, 0.6) is 0 Å². The van der Waals surface area contributed by atoms with Gasteiger partial charge in [-0.1, -0.05) is 6.92 Å². The van der Waals surface area contributed by atoms with Gasteiger partial charge in [0.2, 0.25) is 0 Å². The zero-order valence-corrected chi connectivity index (χ0v) is 11.1. The fourth-order valence-corrected chi connectivity index (χ4v) is 2.97. The molecule has 0 aliphatic heterocycles. The molecule has 16 heavy (non-hydrogen) atoms. The lowest BCUT2D eigenvalue weighted by molar-refractivity contribution is 0.704. The highest BCUT2D eigenvalue weighted by Crippen LogP contribution is 2.14. The van der Waals surface area contributed by atoms with Gasteiger partial charge >= 0.3 is 0 Å². The number of rotatable bonds is 5. The topological polar surface area (TPSA) is 37.8 Å². The summed E-state index contributed by atoms with van der Waals surface area (Å²) in [5, 5.41) is 4.64. The lowest BCUT2D eigenvalue weighted by atomic mass is 10.4. The third kappa shape index (κ3) is 2.87. The standard InChI is InChI=1S/C11H15N3S2/c1-3-11-13-5-9(16-11)4-12-6-10-8(2)14-7-15-10/h5,7,12H,3-4,6H2,1-2H3. The van der Waals surface area contributed by atoms with Crippen LogP contribution in [-0.4, -0.2) is 9.97 Å². The summed E-state index contributed by atoms with van der Waals surface area (Å²) >= 11 is 3.50. The van der Waals surface area contributed by atoms with Gasteiger partial charge < -0.3 is 5.32 Å². The average molecular weight is 253 g/mol. The van der Waals surface area contributed by atoms with E-state index in [1.807, 2.05) is 11.7 Å². The van der Waals surface area contributed by atoms with Crippen LogP contribution in [-0.2, 0) is 19.5 Å². The quantitative estimate of drug-likeness (QED) is 0.890. The molecule has 0 unspecified atom stereocenters. The summed E-state index contributed by atoms with van der Waals surface area (Å²) in [5.74, 6) is 0. The van der Waals surface area contributed by atoms with Crippen LogP contribution in [0.15, 0.2) is 11.7 Å². The van der Waals surface area contributed by atoms with Crippen molar-refractivity contribution in [1.82, 2.24) is 15.3 Å². The molecule has 0 fully saturated rings. The number of aryl methyl sites for hydroxylation is 2. The molecule has 0 aliphatic carbocycles. The maximum Gasteiger partial charge on any atom is 0.0925 e. The Hall–Kier alpha value is -0.780. The SMILES string of the molecule is CCc1ncc(CNCc2scnc2C)s1. The molecule has 3 nitrogen and oxygen atoms in total. The summed E-state index contributed by atoms with van der Waals surface area (Å²) in [7, 11) is 0. The van der Waals surface area contributed by atoms with E-state index in [1.54, 1.807) is 22.7 Å². The molecule has 0 aliphatic rings. The Morgan fingerprint density at radius 3 is 2.81 bits per heavy atom. The first-order valence-electron chi connectivity index (χ1n) is 5.33. The maximum absolute atomic E-state index is 4.34. The molecule has 5 heteroatoms. The van der Waals surface area contributed by atoms with E-state index >= 15 is 0 Å². The lowest BCUT2D eigenvalue weighted by Gasteiger charge is -2.00. The van der Waals surface area contributed by atoms with Crippen molar-refractivity contribution in [3.8, 4) is 0 Å². The zero-order chi connectivity index (χ0) is 11.4. The second-order valence-corrected chi connectivity index (χ2v) is 5.68. The minimum atomic E-state index is 0.898. The molecule has 0 radical (unpaired) electrons. The molecule has 0 amide bonds. The van der Waals surface area contributed by atoms with E-state index in [0.717, 1.165) is 25.2 Å². The predicted octanol–water partition coefficient (Wildman–Crippen LogP) is 2.76. The first-order chi connectivity index (χ1) is 7.79. The van der Waals surface area contributed by atoms with E-state index < -0.39 is 0 Å². The van der Waals surface area contributed by atoms with Gasteiger partial charge in [-0.05, 0) is 13.3 Å². The van der Waals surface area contributed by atoms with Crippen molar-refractivity contribution in [1.29, 1.82) is 0 Å². The van der Waals surface area contributed by atoms with Crippen molar-refractivity contribution in [2.45, 2.75) is 33.4 Å². The molecule has 0 saturated heterocycles. The Labute approximate surface area is 104 Å². The van der Waals surface area contributed by atoms with Crippen molar-refractivity contribution in [2.75, 3.05) is 0 Å². The second-order valence-electron chi connectivity index (χ2n) is 3.54. The van der Waals surface area contributed by atoms with Crippen molar-refractivity contribution < 1.29 is 0 Å². The van der Waals surface area contributed by atoms with Gasteiger partial charge in [0.05, 0.1) is 16.2 Å². The number of nitrogens with one attached hydrogen (secondary N) is 1. The Balaban J connectivity index is 1.82. The summed E-state index contributed by atoms with van der Waals surface area (Å²) < 4.78 is 0. The van der Waals surface area contributed by atoms with E-state index in [0.29, 0.717) is 0 Å². The molecule has 2 heterocycles. The van der Waals surface area contributed by atoms with Crippen molar-refractivity contribution >= 4 is 22.7 Å². The summed E-state index contributed by atoms with van der Waals surface area (Å²) in [5.41, 5.74) is 3.03. The Morgan fingerprint density at radius 1 is 1.31 bits per heavy atom. The fraction of sp³-hybridized carbons (Fsp3) is 0.455. The van der Waals surface area contributed by atoms with Crippen LogP contribution in [0.1, 0.15) is 27.4 Å². The number of hydrogen-bond donors (Lipinski definition) is 1. The van der Waals surface area contributed by atoms with Gasteiger partial charge in [-0.3, -0.25) is 0 Å². The summed E-state index contributed by atoms with van der Waals surface area (Å²) in [4.78, 5) is 11.2. The minimum absolute atomic E-state index is 0.898. The van der Waals surface area contributed by atoms with Crippen LogP contribution in [0, 0.1) is 6.92 Å². The highest BCUT2D eigenvalue weighted by atomic mass is 32.1.